The van der Waals surface area contributed by atoms with Crippen LogP contribution in [-0.2, 0) is 14.3 Å². The minimum Gasteiger partial charge on any atom is -0.467 e. The zero-order chi connectivity index (χ0) is 13.5. The zero-order valence-electron chi connectivity index (χ0n) is 11.6. The predicted octanol–water partition coefficient (Wildman–Crippen LogP) is 0.786. The lowest BCUT2D eigenvalue weighted by atomic mass is 10.1. The van der Waals surface area contributed by atoms with Crippen molar-refractivity contribution >= 4 is 11.9 Å². The van der Waals surface area contributed by atoms with E-state index in [1.54, 1.807) is 0 Å². The van der Waals surface area contributed by atoms with E-state index < -0.39 is 6.04 Å². The maximum absolute atomic E-state index is 11.6. The molecule has 1 unspecified atom stereocenters. The second-order valence-corrected chi connectivity index (χ2v) is 5.15. The van der Waals surface area contributed by atoms with E-state index in [4.69, 9.17) is 4.74 Å². The number of amides is 1. The number of carbonyl (C=O) groups excluding carboxylic acids is 2. The Bertz CT molecular complexity index is 288. The molecule has 0 saturated heterocycles. The number of nitrogens with one attached hydrogen (secondary N) is 1. The smallest absolute Gasteiger partial charge is 0.329 e. The van der Waals surface area contributed by atoms with Crippen LogP contribution >= 0.6 is 0 Å². The number of esters is 1. The molecule has 0 heterocycles. The van der Waals surface area contributed by atoms with Crippen molar-refractivity contribution in [2.45, 2.75) is 38.6 Å². The Morgan fingerprint density at radius 2 is 2.00 bits per heavy atom. The third-order valence-electron chi connectivity index (χ3n) is 3.40. The summed E-state index contributed by atoms with van der Waals surface area (Å²) < 4.78 is 4.70. The van der Waals surface area contributed by atoms with Gasteiger partial charge in [0.25, 0.3) is 0 Å². The third-order valence-corrected chi connectivity index (χ3v) is 3.40. The maximum atomic E-state index is 11.6. The number of ether oxygens (including phenoxy) is 1. The van der Waals surface area contributed by atoms with Crippen molar-refractivity contribution in [3.63, 3.8) is 0 Å². The Morgan fingerprint density at radius 3 is 2.50 bits per heavy atom. The summed E-state index contributed by atoms with van der Waals surface area (Å²) in [4.78, 5) is 24.7. The monoisotopic (exact) mass is 256 g/mol. The molecule has 5 heteroatoms. The van der Waals surface area contributed by atoms with E-state index in [0.29, 0.717) is 6.54 Å². The summed E-state index contributed by atoms with van der Waals surface area (Å²) in [6.45, 7) is 2.89. The fourth-order valence-corrected chi connectivity index (χ4v) is 2.59. The molecule has 1 aliphatic carbocycles. The second-order valence-electron chi connectivity index (χ2n) is 5.15. The van der Waals surface area contributed by atoms with Crippen LogP contribution in [0.25, 0.3) is 0 Å². The van der Waals surface area contributed by atoms with Crippen molar-refractivity contribution < 1.29 is 14.3 Å². The third kappa shape index (κ3) is 5.04. The van der Waals surface area contributed by atoms with Crippen LogP contribution in [0.5, 0.6) is 0 Å². The number of carbonyl (C=O) groups is 2. The Balaban J connectivity index is 2.42. The zero-order valence-corrected chi connectivity index (χ0v) is 11.6. The number of hydrogen-bond acceptors (Lipinski definition) is 4. The van der Waals surface area contributed by atoms with Crippen LogP contribution in [0.4, 0.5) is 0 Å². The topological polar surface area (TPSA) is 58.6 Å². The van der Waals surface area contributed by atoms with Crippen LogP contribution in [0.15, 0.2) is 0 Å². The fraction of sp³-hybridized carbons (Fsp3) is 0.846. The normalized spacial score (nSPS) is 17.8. The SMILES string of the molecule is COC(=O)C(CN(C)CC1CCCC1)NC(C)=O. The van der Waals surface area contributed by atoms with Crippen LogP contribution < -0.4 is 5.32 Å². The number of likely N-dealkylation sites (N-methyl/N-ethyl adjacent to an activating group) is 1. The summed E-state index contributed by atoms with van der Waals surface area (Å²) in [7, 11) is 3.32. The number of nitrogens with zero attached hydrogens (tertiary/aromatic N) is 1. The summed E-state index contributed by atoms with van der Waals surface area (Å²) in [5.74, 6) is 0.133. The average molecular weight is 256 g/mol. The van der Waals surface area contributed by atoms with Gasteiger partial charge < -0.3 is 15.0 Å². The molecule has 1 amide bonds. The fourth-order valence-electron chi connectivity index (χ4n) is 2.59. The number of hydrogen-bond donors (Lipinski definition) is 1. The first kappa shape index (κ1) is 15.0. The van der Waals surface area contributed by atoms with Crippen LogP contribution in [0.3, 0.4) is 0 Å². The molecule has 5 nitrogen and oxygen atoms in total. The Hall–Kier alpha value is -1.10. The van der Waals surface area contributed by atoms with E-state index in [0.717, 1.165) is 12.5 Å². The van der Waals surface area contributed by atoms with Gasteiger partial charge in [0.2, 0.25) is 5.91 Å². The minimum absolute atomic E-state index is 0.209. The quantitative estimate of drug-likeness (QED) is 0.714. The first-order chi connectivity index (χ1) is 8.52. The van der Waals surface area contributed by atoms with Crippen LogP contribution in [0.2, 0.25) is 0 Å². The molecule has 1 atom stereocenters. The van der Waals surface area contributed by atoms with Crippen LogP contribution in [0.1, 0.15) is 32.6 Å². The van der Waals surface area contributed by atoms with Crippen molar-refractivity contribution in [2.24, 2.45) is 5.92 Å². The molecule has 1 N–H and O–H groups in total. The van der Waals surface area contributed by atoms with Gasteiger partial charge in [-0.2, -0.15) is 0 Å². The maximum Gasteiger partial charge on any atom is 0.329 e. The lowest BCUT2D eigenvalue weighted by molar-refractivity contribution is -0.145. The molecule has 0 radical (unpaired) electrons. The van der Waals surface area contributed by atoms with Gasteiger partial charge in [-0.3, -0.25) is 4.79 Å². The van der Waals surface area contributed by atoms with Gasteiger partial charge in [-0.05, 0) is 25.8 Å². The van der Waals surface area contributed by atoms with E-state index in [-0.39, 0.29) is 11.9 Å². The molecule has 1 rings (SSSR count). The van der Waals surface area contributed by atoms with Crippen molar-refractivity contribution in [2.75, 3.05) is 27.2 Å². The van der Waals surface area contributed by atoms with Crippen LogP contribution in [-0.4, -0.2) is 50.1 Å². The Morgan fingerprint density at radius 1 is 1.39 bits per heavy atom. The molecule has 1 saturated carbocycles. The highest BCUT2D eigenvalue weighted by Crippen LogP contribution is 2.25. The molecular weight excluding hydrogens is 232 g/mol. The molecule has 0 aromatic carbocycles. The van der Waals surface area contributed by atoms with Gasteiger partial charge in [0.1, 0.15) is 6.04 Å². The number of methoxy groups -OCH3 is 1. The van der Waals surface area contributed by atoms with Crippen molar-refractivity contribution in [1.29, 1.82) is 0 Å². The minimum atomic E-state index is -0.570. The lowest BCUT2D eigenvalue weighted by Crippen LogP contribution is -2.48. The van der Waals surface area contributed by atoms with Crippen molar-refractivity contribution in [1.82, 2.24) is 10.2 Å². The highest BCUT2D eigenvalue weighted by atomic mass is 16.5. The highest BCUT2D eigenvalue weighted by Gasteiger charge is 2.24. The van der Waals surface area contributed by atoms with Gasteiger partial charge >= 0.3 is 5.97 Å². The van der Waals surface area contributed by atoms with Gasteiger partial charge in [0.05, 0.1) is 7.11 Å². The predicted molar refractivity (Wildman–Crippen MR) is 69.1 cm³/mol. The van der Waals surface area contributed by atoms with E-state index in [1.165, 1.54) is 39.7 Å². The van der Waals surface area contributed by atoms with Gasteiger partial charge in [-0.25, -0.2) is 4.79 Å². The molecule has 1 aliphatic rings. The van der Waals surface area contributed by atoms with Gasteiger partial charge in [-0.1, -0.05) is 12.8 Å². The summed E-state index contributed by atoms with van der Waals surface area (Å²) in [5, 5.41) is 2.63. The number of rotatable bonds is 6. The van der Waals surface area contributed by atoms with Gasteiger partial charge in [0, 0.05) is 20.0 Å². The molecule has 104 valence electrons. The molecule has 0 aliphatic heterocycles. The molecule has 1 fully saturated rings. The molecule has 0 aromatic rings. The standard InChI is InChI=1S/C13H24N2O3/c1-10(16)14-12(13(17)18-3)9-15(2)8-11-6-4-5-7-11/h11-12H,4-9H2,1-3H3,(H,14,16). The summed E-state index contributed by atoms with van der Waals surface area (Å²) in [5.41, 5.74) is 0. The molecule has 0 bridgehead atoms. The summed E-state index contributed by atoms with van der Waals surface area (Å²) >= 11 is 0. The Kier molecular flexibility index (Phi) is 6.12. The molecular formula is C13H24N2O3. The van der Waals surface area contributed by atoms with E-state index >= 15 is 0 Å². The highest BCUT2D eigenvalue weighted by molar-refractivity contribution is 5.83. The average Bonchev–Trinajstić information content (AvgIpc) is 2.79. The first-order valence-electron chi connectivity index (χ1n) is 6.56. The van der Waals surface area contributed by atoms with E-state index in [1.807, 2.05) is 7.05 Å². The lowest BCUT2D eigenvalue weighted by Gasteiger charge is -2.25. The van der Waals surface area contributed by atoms with Gasteiger partial charge in [-0.15, -0.1) is 0 Å². The summed E-state index contributed by atoms with van der Waals surface area (Å²) in [6, 6.07) is -0.570. The first-order valence-corrected chi connectivity index (χ1v) is 6.56. The molecule has 0 aromatic heterocycles. The molecule has 18 heavy (non-hydrogen) atoms. The van der Waals surface area contributed by atoms with Gasteiger partial charge in [0.15, 0.2) is 0 Å². The van der Waals surface area contributed by atoms with E-state index in [9.17, 15) is 9.59 Å². The molecule has 0 spiro atoms. The van der Waals surface area contributed by atoms with Crippen molar-refractivity contribution in [3.05, 3.63) is 0 Å². The Labute approximate surface area is 109 Å². The van der Waals surface area contributed by atoms with Crippen LogP contribution in [0, 0.1) is 5.92 Å². The van der Waals surface area contributed by atoms with E-state index in [2.05, 4.69) is 10.2 Å². The van der Waals surface area contributed by atoms with Crippen molar-refractivity contribution in [3.8, 4) is 0 Å². The largest absolute Gasteiger partial charge is 0.467 e. The second kappa shape index (κ2) is 7.36. The summed E-state index contributed by atoms with van der Waals surface area (Å²) in [6.07, 6.45) is 5.16.